The van der Waals surface area contributed by atoms with E-state index in [1.54, 1.807) is 42.5 Å². The SMILES string of the molecule is CCC(CC)(CCC#N)Cc1cc(S(=O)(=O)N(Cc2ccccc2)[C@H](NC(=O)O)[C@@H](C)O)ccc1OC. The number of nitrogens with zero attached hydrogens (tertiary/aromatic N) is 2. The van der Waals surface area contributed by atoms with Gasteiger partial charge in [-0.25, -0.2) is 13.2 Å². The van der Waals surface area contributed by atoms with Gasteiger partial charge in [0, 0.05) is 13.0 Å². The van der Waals surface area contributed by atoms with Crippen LogP contribution in [-0.4, -0.2) is 48.4 Å². The van der Waals surface area contributed by atoms with Gasteiger partial charge < -0.3 is 20.3 Å². The maximum absolute atomic E-state index is 14.0. The van der Waals surface area contributed by atoms with Crippen molar-refractivity contribution in [2.24, 2.45) is 5.41 Å². The van der Waals surface area contributed by atoms with Crippen LogP contribution in [0.5, 0.6) is 5.75 Å². The molecule has 2 aromatic rings. The van der Waals surface area contributed by atoms with Crippen LogP contribution in [0.3, 0.4) is 0 Å². The first-order valence-corrected chi connectivity index (χ1v) is 13.7. The number of carbonyl (C=O) groups is 1. The highest BCUT2D eigenvalue weighted by atomic mass is 32.2. The highest BCUT2D eigenvalue weighted by Crippen LogP contribution is 2.39. The third-order valence-corrected chi connectivity index (χ3v) is 8.73. The summed E-state index contributed by atoms with van der Waals surface area (Å²) < 4.78 is 34.5. The number of aliphatic hydroxyl groups is 1. The van der Waals surface area contributed by atoms with Crippen molar-refractivity contribution in [2.45, 2.75) is 76.6 Å². The summed E-state index contributed by atoms with van der Waals surface area (Å²) in [5, 5.41) is 31.0. The molecule has 9 nitrogen and oxygen atoms in total. The maximum atomic E-state index is 14.0. The predicted molar refractivity (Wildman–Crippen MR) is 140 cm³/mol. The minimum Gasteiger partial charge on any atom is -0.496 e. The summed E-state index contributed by atoms with van der Waals surface area (Å²) in [4.78, 5) is 11.5. The average Bonchev–Trinajstić information content (AvgIpc) is 2.88. The molecule has 2 atom stereocenters. The Morgan fingerprint density at radius 1 is 1.19 bits per heavy atom. The Kier molecular flexibility index (Phi) is 10.9. The predicted octanol–water partition coefficient (Wildman–Crippen LogP) is 4.51. The first kappa shape index (κ1) is 30.1. The van der Waals surface area contributed by atoms with E-state index in [4.69, 9.17) is 10.00 Å². The van der Waals surface area contributed by atoms with Gasteiger partial charge in [-0.1, -0.05) is 57.0 Å². The molecule has 0 aromatic heterocycles. The number of carboxylic acid groups (broad SMARTS) is 1. The van der Waals surface area contributed by atoms with Crippen molar-refractivity contribution in [3.05, 3.63) is 59.7 Å². The van der Waals surface area contributed by atoms with Crippen LogP contribution in [0.4, 0.5) is 4.79 Å². The van der Waals surface area contributed by atoms with Crippen molar-refractivity contribution < 1.29 is 28.2 Å². The van der Waals surface area contributed by atoms with Crippen LogP contribution >= 0.6 is 0 Å². The Morgan fingerprint density at radius 2 is 1.84 bits per heavy atom. The van der Waals surface area contributed by atoms with Crippen LogP contribution in [0, 0.1) is 16.7 Å². The van der Waals surface area contributed by atoms with E-state index < -0.39 is 28.4 Å². The molecule has 0 saturated heterocycles. The van der Waals surface area contributed by atoms with Crippen molar-refractivity contribution in [3.63, 3.8) is 0 Å². The highest BCUT2D eigenvalue weighted by molar-refractivity contribution is 7.89. The van der Waals surface area contributed by atoms with E-state index in [1.165, 1.54) is 20.1 Å². The first-order chi connectivity index (χ1) is 17.5. The van der Waals surface area contributed by atoms with Gasteiger partial charge >= 0.3 is 6.09 Å². The summed E-state index contributed by atoms with van der Waals surface area (Å²) >= 11 is 0. The van der Waals surface area contributed by atoms with Crippen molar-refractivity contribution >= 4 is 16.1 Å². The molecule has 0 unspecified atom stereocenters. The number of aliphatic hydroxyl groups excluding tert-OH is 1. The number of nitriles is 1. The van der Waals surface area contributed by atoms with Gasteiger partial charge in [0.1, 0.15) is 11.9 Å². The molecule has 37 heavy (non-hydrogen) atoms. The lowest BCUT2D eigenvalue weighted by Crippen LogP contribution is -2.55. The van der Waals surface area contributed by atoms with Gasteiger partial charge in [-0.2, -0.15) is 9.57 Å². The van der Waals surface area contributed by atoms with E-state index in [0.717, 1.165) is 17.1 Å². The summed E-state index contributed by atoms with van der Waals surface area (Å²) in [5.41, 5.74) is 1.11. The zero-order chi connectivity index (χ0) is 27.6. The monoisotopic (exact) mass is 531 g/mol. The topological polar surface area (TPSA) is 140 Å². The molecule has 0 aliphatic rings. The van der Waals surface area contributed by atoms with Gasteiger partial charge in [0.05, 0.1) is 24.2 Å². The molecule has 1 amide bonds. The van der Waals surface area contributed by atoms with Crippen molar-refractivity contribution in [1.82, 2.24) is 9.62 Å². The minimum absolute atomic E-state index is 0.0431. The third-order valence-electron chi connectivity index (χ3n) is 6.91. The fourth-order valence-corrected chi connectivity index (χ4v) is 6.16. The van der Waals surface area contributed by atoms with Crippen LogP contribution in [0.2, 0.25) is 0 Å². The molecular weight excluding hydrogens is 494 g/mol. The summed E-state index contributed by atoms with van der Waals surface area (Å²) in [7, 11) is -2.77. The van der Waals surface area contributed by atoms with E-state index in [2.05, 4.69) is 25.2 Å². The molecule has 0 heterocycles. The molecule has 0 aliphatic heterocycles. The quantitative estimate of drug-likeness (QED) is 0.305. The largest absolute Gasteiger partial charge is 0.496 e. The Bertz CT molecular complexity index is 1170. The minimum atomic E-state index is -4.28. The number of sulfonamides is 1. The molecule has 0 radical (unpaired) electrons. The van der Waals surface area contributed by atoms with Crippen LogP contribution in [0.15, 0.2) is 53.4 Å². The third kappa shape index (κ3) is 7.68. The number of amides is 1. The fraction of sp³-hybridized carbons (Fsp3) is 0.481. The lowest BCUT2D eigenvalue weighted by Gasteiger charge is -2.33. The second-order valence-corrected chi connectivity index (χ2v) is 11.1. The second kappa shape index (κ2) is 13.4. The summed E-state index contributed by atoms with van der Waals surface area (Å²) in [6, 6.07) is 15.5. The number of hydrogen-bond donors (Lipinski definition) is 3. The highest BCUT2D eigenvalue weighted by Gasteiger charge is 2.36. The maximum Gasteiger partial charge on any atom is 0.406 e. The molecule has 0 spiro atoms. The lowest BCUT2D eigenvalue weighted by molar-refractivity contribution is 0.0785. The smallest absolute Gasteiger partial charge is 0.406 e. The summed E-state index contributed by atoms with van der Waals surface area (Å²) in [6.45, 7) is 5.29. The number of nitrogens with one attached hydrogen (secondary N) is 1. The number of benzene rings is 2. The van der Waals surface area contributed by atoms with Crippen LogP contribution in [-0.2, 0) is 23.0 Å². The Hall–Kier alpha value is -3.13. The number of rotatable bonds is 14. The first-order valence-electron chi connectivity index (χ1n) is 12.3. The number of methoxy groups -OCH3 is 1. The normalized spacial score (nSPS) is 13.5. The van der Waals surface area contributed by atoms with Gasteiger partial charge in [-0.15, -0.1) is 0 Å². The van der Waals surface area contributed by atoms with E-state index in [-0.39, 0.29) is 16.9 Å². The molecule has 2 aromatic carbocycles. The van der Waals surface area contributed by atoms with Crippen molar-refractivity contribution in [1.29, 1.82) is 5.26 Å². The number of ether oxygens (including phenoxy) is 1. The average molecular weight is 532 g/mol. The molecule has 0 saturated carbocycles. The Balaban J connectivity index is 2.62. The summed E-state index contributed by atoms with van der Waals surface area (Å²) in [6.07, 6.45) is -1.02. The van der Waals surface area contributed by atoms with Gasteiger partial charge in [0.25, 0.3) is 0 Å². The number of hydrogen-bond acceptors (Lipinski definition) is 6. The second-order valence-electron chi connectivity index (χ2n) is 9.19. The summed E-state index contributed by atoms with van der Waals surface area (Å²) in [5.74, 6) is 0.535. The Morgan fingerprint density at radius 3 is 2.35 bits per heavy atom. The molecule has 0 fully saturated rings. The molecule has 3 N–H and O–H groups in total. The standard InChI is InChI=1S/C27H37N3O6S/c1-5-27(6-2,15-10-16-28)18-22-17-23(13-14-24(22)36-4)37(34,35)30(19-21-11-8-7-9-12-21)25(20(3)31)29-26(32)33/h7-9,11-14,17,20,25,29,31H,5-6,10,15,18-19H2,1-4H3,(H,32,33)/t20-,25+/m1/s1. The van der Waals surface area contributed by atoms with E-state index in [9.17, 15) is 23.4 Å². The molecule has 10 heteroatoms. The van der Waals surface area contributed by atoms with Gasteiger partial charge in [-0.3, -0.25) is 0 Å². The van der Waals surface area contributed by atoms with Gasteiger partial charge in [0.15, 0.2) is 0 Å². The van der Waals surface area contributed by atoms with E-state index >= 15 is 0 Å². The van der Waals surface area contributed by atoms with Gasteiger partial charge in [-0.05, 0) is 54.5 Å². The zero-order valence-corrected chi connectivity index (χ0v) is 22.7. The van der Waals surface area contributed by atoms with E-state index in [0.29, 0.717) is 36.1 Å². The van der Waals surface area contributed by atoms with Crippen LogP contribution in [0.1, 0.15) is 57.6 Å². The van der Waals surface area contributed by atoms with Crippen LogP contribution < -0.4 is 10.1 Å². The molecule has 202 valence electrons. The lowest BCUT2D eigenvalue weighted by atomic mass is 9.73. The fourth-order valence-electron chi connectivity index (χ4n) is 4.51. The molecular formula is C27H37N3O6S. The zero-order valence-electron chi connectivity index (χ0n) is 21.8. The van der Waals surface area contributed by atoms with E-state index in [1.807, 2.05) is 0 Å². The molecule has 2 rings (SSSR count). The van der Waals surface area contributed by atoms with Crippen molar-refractivity contribution in [3.8, 4) is 11.8 Å². The molecule has 0 bridgehead atoms. The van der Waals surface area contributed by atoms with Gasteiger partial charge in [0.2, 0.25) is 10.0 Å². The Labute approximate surface area is 219 Å². The molecule has 0 aliphatic carbocycles. The van der Waals surface area contributed by atoms with Crippen LogP contribution in [0.25, 0.3) is 0 Å². The van der Waals surface area contributed by atoms with Crippen molar-refractivity contribution in [2.75, 3.05) is 7.11 Å².